The summed E-state index contributed by atoms with van der Waals surface area (Å²) in [6.07, 6.45) is 2.09. The van der Waals surface area contributed by atoms with Crippen LogP contribution in [0, 0.1) is 0 Å². The first kappa shape index (κ1) is 14.1. The molecule has 0 amide bonds. The molecule has 3 nitrogen and oxygen atoms in total. The number of ether oxygens (including phenoxy) is 2. The van der Waals surface area contributed by atoms with Crippen molar-refractivity contribution in [3.8, 4) is 5.75 Å². The van der Waals surface area contributed by atoms with Crippen molar-refractivity contribution in [2.24, 2.45) is 0 Å². The fourth-order valence-corrected chi connectivity index (χ4v) is 3.23. The van der Waals surface area contributed by atoms with Crippen LogP contribution >= 0.6 is 27.5 Å². The second-order valence-corrected chi connectivity index (χ2v) is 5.65. The van der Waals surface area contributed by atoms with E-state index in [0.29, 0.717) is 22.9 Å². The molecule has 0 saturated carbocycles. The second kappa shape index (κ2) is 6.24. The van der Waals surface area contributed by atoms with E-state index in [9.17, 15) is 5.11 Å². The number of benzene rings is 1. The summed E-state index contributed by atoms with van der Waals surface area (Å²) in [6, 6.07) is 3.48. The van der Waals surface area contributed by atoms with E-state index in [0.717, 1.165) is 23.7 Å². The van der Waals surface area contributed by atoms with Crippen LogP contribution in [-0.4, -0.2) is 24.9 Å². The van der Waals surface area contributed by atoms with Gasteiger partial charge >= 0.3 is 0 Å². The summed E-state index contributed by atoms with van der Waals surface area (Å²) in [7, 11) is 1.58. The molecular formula is C13H16BrClO3. The molecule has 0 bridgehead atoms. The van der Waals surface area contributed by atoms with Crippen molar-refractivity contribution >= 4 is 27.5 Å². The summed E-state index contributed by atoms with van der Waals surface area (Å²) in [5.74, 6) is 0.612. The molecule has 100 valence electrons. The van der Waals surface area contributed by atoms with Gasteiger partial charge in [-0.15, -0.1) is 0 Å². The van der Waals surface area contributed by atoms with Crippen LogP contribution in [0.4, 0.5) is 0 Å². The minimum absolute atomic E-state index is 0.182. The zero-order chi connectivity index (χ0) is 13.1. The van der Waals surface area contributed by atoms with Gasteiger partial charge in [-0.05, 0) is 47.3 Å². The molecule has 0 aromatic heterocycles. The van der Waals surface area contributed by atoms with Crippen LogP contribution in [0.1, 0.15) is 30.9 Å². The molecular weight excluding hydrogens is 319 g/mol. The lowest BCUT2D eigenvalue weighted by atomic mass is 9.97. The zero-order valence-corrected chi connectivity index (χ0v) is 12.5. The number of rotatable bonds is 3. The maximum atomic E-state index is 10.4. The van der Waals surface area contributed by atoms with Crippen LogP contribution in [0.3, 0.4) is 0 Å². The molecule has 1 heterocycles. The van der Waals surface area contributed by atoms with Gasteiger partial charge in [-0.2, -0.15) is 0 Å². The average Bonchev–Trinajstić information content (AvgIpc) is 2.38. The number of aliphatic hydroxyl groups is 1. The second-order valence-electron chi connectivity index (χ2n) is 4.36. The number of methoxy groups -OCH3 is 1. The average molecular weight is 336 g/mol. The van der Waals surface area contributed by atoms with E-state index in [1.807, 2.05) is 0 Å². The topological polar surface area (TPSA) is 38.7 Å². The highest BCUT2D eigenvalue weighted by molar-refractivity contribution is 9.10. The Balaban J connectivity index is 2.30. The Morgan fingerprint density at radius 3 is 2.89 bits per heavy atom. The molecule has 2 rings (SSSR count). The van der Waals surface area contributed by atoms with Gasteiger partial charge in [0.2, 0.25) is 0 Å². The van der Waals surface area contributed by atoms with Gasteiger partial charge < -0.3 is 14.6 Å². The predicted octanol–water partition coefficient (Wildman–Crippen LogP) is 3.71. The number of hydrogen-bond acceptors (Lipinski definition) is 3. The lowest BCUT2D eigenvalue weighted by Gasteiger charge is -2.28. The summed E-state index contributed by atoms with van der Waals surface area (Å²) >= 11 is 9.41. The van der Waals surface area contributed by atoms with Crippen molar-refractivity contribution in [3.63, 3.8) is 0 Å². The van der Waals surface area contributed by atoms with Crippen LogP contribution in [0.2, 0.25) is 5.02 Å². The Labute approximate surface area is 120 Å². The lowest BCUT2D eigenvalue weighted by Crippen LogP contribution is -2.26. The highest BCUT2D eigenvalue weighted by Gasteiger charge is 2.27. The van der Waals surface area contributed by atoms with E-state index >= 15 is 0 Å². The minimum Gasteiger partial charge on any atom is -0.495 e. The number of hydrogen-bond donors (Lipinski definition) is 1. The Kier molecular flexibility index (Phi) is 4.90. The van der Waals surface area contributed by atoms with E-state index in [4.69, 9.17) is 21.1 Å². The van der Waals surface area contributed by atoms with Crippen molar-refractivity contribution in [2.45, 2.75) is 31.5 Å². The standard InChI is InChI=1S/C13H16BrClO3/c1-17-13-9(6-8(15)7-10(13)14)12(16)11-4-2-3-5-18-11/h6-7,11-12,16H,2-5H2,1H3. The molecule has 0 spiro atoms. The summed E-state index contributed by atoms with van der Waals surface area (Å²) in [5, 5.41) is 11.0. The molecule has 0 aliphatic carbocycles. The molecule has 1 fully saturated rings. The van der Waals surface area contributed by atoms with E-state index in [1.54, 1.807) is 19.2 Å². The summed E-state index contributed by atoms with van der Waals surface area (Å²) in [5.41, 5.74) is 0.670. The first-order chi connectivity index (χ1) is 8.63. The quantitative estimate of drug-likeness (QED) is 0.915. The van der Waals surface area contributed by atoms with Gasteiger partial charge in [0.25, 0.3) is 0 Å². The van der Waals surface area contributed by atoms with Crippen LogP contribution < -0.4 is 4.74 Å². The highest BCUT2D eigenvalue weighted by atomic mass is 79.9. The van der Waals surface area contributed by atoms with Gasteiger partial charge in [0.1, 0.15) is 11.9 Å². The number of aliphatic hydroxyl groups excluding tert-OH is 1. The Morgan fingerprint density at radius 2 is 2.28 bits per heavy atom. The molecule has 18 heavy (non-hydrogen) atoms. The fourth-order valence-electron chi connectivity index (χ4n) is 2.23. The largest absolute Gasteiger partial charge is 0.495 e. The van der Waals surface area contributed by atoms with E-state index < -0.39 is 6.10 Å². The fraction of sp³-hybridized carbons (Fsp3) is 0.538. The van der Waals surface area contributed by atoms with Crippen LogP contribution in [0.25, 0.3) is 0 Å². The SMILES string of the molecule is COc1c(Br)cc(Cl)cc1C(O)C1CCCCO1. The summed E-state index contributed by atoms with van der Waals surface area (Å²) in [6.45, 7) is 0.700. The molecule has 1 aliphatic rings. The first-order valence-electron chi connectivity index (χ1n) is 5.96. The minimum atomic E-state index is -0.713. The molecule has 1 aromatic carbocycles. The van der Waals surface area contributed by atoms with Crippen molar-refractivity contribution in [1.82, 2.24) is 0 Å². The van der Waals surface area contributed by atoms with Gasteiger partial charge in [-0.3, -0.25) is 0 Å². The third kappa shape index (κ3) is 2.99. The summed E-state index contributed by atoms with van der Waals surface area (Å²) in [4.78, 5) is 0. The predicted molar refractivity (Wildman–Crippen MR) is 74.3 cm³/mol. The smallest absolute Gasteiger partial charge is 0.139 e. The molecule has 0 radical (unpaired) electrons. The van der Waals surface area contributed by atoms with Gasteiger partial charge in [0, 0.05) is 17.2 Å². The molecule has 1 aliphatic heterocycles. The van der Waals surface area contributed by atoms with E-state index in [2.05, 4.69) is 15.9 Å². The van der Waals surface area contributed by atoms with Gasteiger partial charge in [-0.25, -0.2) is 0 Å². The Bertz CT molecular complexity index is 419. The Hall–Kier alpha value is -0.290. The monoisotopic (exact) mass is 334 g/mol. The van der Waals surface area contributed by atoms with Crippen molar-refractivity contribution < 1.29 is 14.6 Å². The zero-order valence-electron chi connectivity index (χ0n) is 10.2. The van der Waals surface area contributed by atoms with Crippen LogP contribution in [-0.2, 0) is 4.74 Å². The third-order valence-electron chi connectivity index (χ3n) is 3.13. The molecule has 2 unspecified atom stereocenters. The lowest BCUT2D eigenvalue weighted by molar-refractivity contribution is -0.0639. The van der Waals surface area contributed by atoms with Gasteiger partial charge in [0.05, 0.1) is 17.7 Å². The maximum Gasteiger partial charge on any atom is 0.139 e. The van der Waals surface area contributed by atoms with Crippen molar-refractivity contribution in [1.29, 1.82) is 0 Å². The Morgan fingerprint density at radius 1 is 1.50 bits per heavy atom. The van der Waals surface area contributed by atoms with E-state index in [-0.39, 0.29) is 6.10 Å². The summed E-state index contributed by atoms with van der Waals surface area (Å²) < 4.78 is 11.7. The molecule has 1 aromatic rings. The van der Waals surface area contributed by atoms with Crippen molar-refractivity contribution in [2.75, 3.05) is 13.7 Å². The molecule has 1 N–H and O–H groups in total. The molecule has 1 saturated heterocycles. The first-order valence-corrected chi connectivity index (χ1v) is 7.13. The van der Waals surface area contributed by atoms with Gasteiger partial charge in [0.15, 0.2) is 0 Å². The van der Waals surface area contributed by atoms with Crippen LogP contribution in [0.15, 0.2) is 16.6 Å². The van der Waals surface area contributed by atoms with Gasteiger partial charge in [-0.1, -0.05) is 11.6 Å². The molecule has 5 heteroatoms. The third-order valence-corrected chi connectivity index (χ3v) is 3.93. The maximum absolute atomic E-state index is 10.4. The van der Waals surface area contributed by atoms with E-state index in [1.165, 1.54) is 0 Å². The highest BCUT2D eigenvalue weighted by Crippen LogP contribution is 2.38. The number of halogens is 2. The molecule has 2 atom stereocenters. The van der Waals surface area contributed by atoms with Crippen molar-refractivity contribution in [3.05, 3.63) is 27.2 Å². The van der Waals surface area contributed by atoms with Crippen LogP contribution in [0.5, 0.6) is 5.75 Å². The normalized spacial score (nSPS) is 21.7.